The quantitative estimate of drug-likeness (QED) is 0.551. The highest BCUT2D eigenvalue weighted by atomic mass is 16.6. The highest BCUT2D eigenvalue weighted by molar-refractivity contribution is 5.81. The number of aldehydes is 1. The van der Waals surface area contributed by atoms with Gasteiger partial charge in [-0.1, -0.05) is 12.1 Å². The first-order valence-electron chi connectivity index (χ1n) is 6.17. The minimum absolute atomic E-state index is 0.281. The van der Waals surface area contributed by atoms with Crippen LogP contribution in [0.3, 0.4) is 0 Å². The van der Waals surface area contributed by atoms with Gasteiger partial charge in [0.2, 0.25) is 5.72 Å². The molecule has 2 aliphatic heterocycles. The van der Waals surface area contributed by atoms with E-state index in [1.54, 1.807) is 37.3 Å². The standard InChI is InChI=1S/C14H10N2O4/c1-13-6-7-14(8-17,20-13)16-12(19)10-5-3-2-4-9(10)11(18)15(13)16/h2-8H,1H3. The van der Waals surface area contributed by atoms with Crippen LogP contribution in [-0.4, -0.2) is 15.6 Å². The normalized spacial score (nSPS) is 29.9. The smallest absolute Gasteiger partial charge is 0.276 e. The summed E-state index contributed by atoms with van der Waals surface area (Å²) in [6, 6.07) is 6.55. The minimum atomic E-state index is -1.52. The van der Waals surface area contributed by atoms with Crippen molar-refractivity contribution in [3.63, 3.8) is 0 Å². The fourth-order valence-electron chi connectivity index (χ4n) is 3.00. The van der Waals surface area contributed by atoms with Crippen LogP contribution in [0.2, 0.25) is 0 Å². The van der Waals surface area contributed by atoms with Crippen molar-refractivity contribution in [2.24, 2.45) is 0 Å². The first-order valence-corrected chi connectivity index (χ1v) is 6.17. The molecule has 2 aliphatic rings. The van der Waals surface area contributed by atoms with E-state index in [0.29, 0.717) is 11.7 Å². The predicted molar refractivity (Wildman–Crippen MR) is 70.4 cm³/mol. The topological polar surface area (TPSA) is 70.3 Å². The van der Waals surface area contributed by atoms with Crippen molar-refractivity contribution in [2.45, 2.75) is 18.4 Å². The van der Waals surface area contributed by atoms with Gasteiger partial charge < -0.3 is 4.74 Å². The summed E-state index contributed by atoms with van der Waals surface area (Å²) < 4.78 is 7.96. The van der Waals surface area contributed by atoms with E-state index in [0.717, 1.165) is 4.68 Å². The SMILES string of the molecule is CC12C=CC(C=O)(O1)n1c(=O)c3ccccc3c(=O)n12. The molecule has 1 aromatic carbocycles. The van der Waals surface area contributed by atoms with Crippen molar-refractivity contribution in [1.82, 2.24) is 9.36 Å². The zero-order chi connectivity index (χ0) is 14.1. The third-order valence-electron chi connectivity index (χ3n) is 3.89. The second kappa shape index (κ2) is 3.16. The van der Waals surface area contributed by atoms with Crippen LogP contribution >= 0.6 is 0 Å². The molecule has 0 spiro atoms. The molecular weight excluding hydrogens is 260 g/mol. The zero-order valence-corrected chi connectivity index (χ0v) is 10.6. The molecule has 0 radical (unpaired) electrons. The van der Waals surface area contributed by atoms with Gasteiger partial charge >= 0.3 is 0 Å². The van der Waals surface area contributed by atoms with Crippen LogP contribution in [0.5, 0.6) is 0 Å². The molecule has 100 valence electrons. The highest BCUT2D eigenvalue weighted by Gasteiger charge is 2.55. The lowest BCUT2D eigenvalue weighted by Crippen LogP contribution is -2.47. The number of hydrogen-bond donors (Lipinski definition) is 0. The second-order valence-electron chi connectivity index (χ2n) is 5.14. The van der Waals surface area contributed by atoms with Crippen LogP contribution in [0.25, 0.3) is 10.8 Å². The Kier molecular flexibility index (Phi) is 1.79. The van der Waals surface area contributed by atoms with Crippen LogP contribution in [0.4, 0.5) is 0 Å². The predicted octanol–water partition coefficient (Wildman–Crippen LogP) is 0.288. The summed E-state index contributed by atoms with van der Waals surface area (Å²) in [5, 5.41) is 0.601. The molecule has 6 heteroatoms. The molecule has 6 nitrogen and oxygen atoms in total. The summed E-state index contributed by atoms with van der Waals surface area (Å²) >= 11 is 0. The maximum absolute atomic E-state index is 12.6. The van der Waals surface area contributed by atoms with Gasteiger partial charge in [-0.05, 0) is 31.2 Å². The van der Waals surface area contributed by atoms with Crippen LogP contribution in [0.1, 0.15) is 6.92 Å². The number of ether oxygens (including phenoxy) is 1. The third-order valence-corrected chi connectivity index (χ3v) is 3.89. The Labute approximate surface area is 112 Å². The molecule has 1 aromatic heterocycles. The number of fused-ring (bicyclic) bond motifs is 6. The number of hydrogen-bond acceptors (Lipinski definition) is 4. The second-order valence-corrected chi connectivity index (χ2v) is 5.14. The van der Waals surface area contributed by atoms with Crippen LogP contribution in [0, 0.1) is 0 Å². The average Bonchev–Trinajstić information content (AvgIpc) is 2.94. The molecule has 0 amide bonds. The summed E-state index contributed by atoms with van der Waals surface area (Å²) in [6.07, 6.45) is 3.67. The van der Waals surface area contributed by atoms with Crippen molar-refractivity contribution >= 4 is 17.1 Å². The maximum atomic E-state index is 12.6. The number of nitrogens with zero attached hydrogens (tertiary/aromatic N) is 2. The minimum Gasteiger partial charge on any atom is -0.312 e. The van der Waals surface area contributed by atoms with E-state index in [4.69, 9.17) is 4.74 Å². The summed E-state index contributed by atoms with van der Waals surface area (Å²) in [4.78, 5) is 36.6. The summed E-state index contributed by atoms with van der Waals surface area (Å²) in [5.41, 5.74) is -3.40. The Bertz CT molecular complexity index is 923. The first kappa shape index (κ1) is 11.4. The highest BCUT2D eigenvalue weighted by Crippen LogP contribution is 2.41. The van der Waals surface area contributed by atoms with Crippen LogP contribution in [-0.2, 0) is 21.0 Å². The number of benzene rings is 1. The number of carbonyl (C=O) groups is 1. The Hall–Kier alpha value is -2.47. The van der Waals surface area contributed by atoms with Gasteiger partial charge in [0, 0.05) is 0 Å². The molecule has 2 atom stereocenters. The van der Waals surface area contributed by atoms with Gasteiger partial charge in [0.05, 0.1) is 10.8 Å². The molecule has 0 N–H and O–H groups in total. The van der Waals surface area contributed by atoms with Crippen LogP contribution < -0.4 is 11.1 Å². The van der Waals surface area contributed by atoms with Gasteiger partial charge in [-0.2, -0.15) is 0 Å². The summed E-state index contributed by atoms with van der Waals surface area (Å²) in [7, 11) is 0. The molecule has 0 saturated carbocycles. The lowest BCUT2D eigenvalue weighted by atomic mass is 10.1. The first-order chi connectivity index (χ1) is 9.52. The van der Waals surface area contributed by atoms with Crippen molar-refractivity contribution < 1.29 is 9.53 Å². The van der Waals surface area contributed by atoms with Crippen molar-refractivity contribution in [1.29, 1.82) is 0 Å². The molecule has 2 unspecified atom stereocenters. The van der Waals surface area contributed by atoms with Gasteiger partial charge in [0.25, 0.3) is 11.1 Å². The van der Waals surface area contributed by atoms with E-state index >= 15 is 0 Å². The van der Waals surface area contributed by atoms with E-state index < -0.39 is 17.0 Å². The molecule has 2 bridgehead atoms. The number of rotatable bonds is 1. The molecule has 4 rings (SSSR count). The lowest BCUT2D eigenvalue weighted by Gasteiger charge is -2.21. The van der Waals surface area contributed by atoms with Crippen LogP contribution in [0.15, 0.2) is 46.0 Å². The van der Waals surface area contributed by atoms with Crippen molar-refractivity contribution in [3.05, 3.63) is 57.1 Å². The Morgan fingerprint density at radius 1 is 1.05 bits per heavy atom. The summed E-state index contributed by atoms with van der Waals surface area (Å²) in [5.74, 6) is 0. The molecule has 0 saturated heterocycles. The monoisotopic (exact) mass is 270 g/mol. The Morgan fingerprint density at radius 3 is 2.25 bits per heavy atom. The maximum Gasteiger partial charge on any atom is 0.276 e. The molecule has 20 heavy (non-hydrogen) atoms. The van der Waals surface area contributed by atoms with E-state index in [1.165, 1.54) is 10.8 Å². The molecule has 0 aliphatic carbocycles. The Morgan fingerprint density at radius 2 is 1.65 bits per heavy atom. The fraction of sp³-hybridized carbons (Fsp3) is 0.214. The van der Waals surface area contributed by atoms with Gasteiger partial charge in [-0.25, -0.2) is 9.36 Å². The van der Waals surface area contributed by atoms with Gasteiger partial charge in [0.15, 0.2) is 12.0 Å². The lowest BCUT2D eigenvalue weighted by molar-refractivity contribution is -0.141. The number of aromatic nitrogens is 2. The summed E-state index contributed by atoms with van der Waals surface area (Å²) in [6.45, 7) is 1.65. The molecule has 2 aromatic rings. The molecular formula is C14H10N2O4. The molecule has 0 fully saturated rings. The van der Waals surface area contributed by atoms with Gasteiger partial charge in [-0.3, -0.25) is 14.4 Å². The zero-order valence-electron chi connectivity index (χ0n) is 10.6. The van der Waals surface area contributed by atoms with E-state index in [-0.39, 0.29) is 10.9 Å². The van der Waals surface area contributed by atoms with Gasteiger partial charge in [-0.15, -0.1) is 0 Å². The Balaban J connectivity index is 2.31. The number of carbonyl (C=O) groups excluding carboxylic acids is 1. The van der Waals surface area contributed by atoms with E-state index in [9.17, 15) is 14.4 Å². The fourth-order valence-corrected chi connectivity index (χ4v) is 3.00. The largest absolute Gasteiger partial charge is 0.312 e. The van der Waals surface area contributed by atoms with E-state index in [2.05, 4.69) is 0 Å². The molecule has 3 heterocycles. The van der Waals surface area contributed by atoms with Gasteiger partial charge in [0.1, 0.15) is 0 Å². The van der Waals surface area contributed by atoms with Crippen molar-refractivity contribution in [3.8, 4) is 0 Å². The van der Waals surface area contributed by atoms with Crippen molar-refractivity contribution in [2.75, 3.05) is 0 Å². The third kappa shape index (κ3) is 1.03. The van der Waals surface area contributed by atoms with E-state index in [1.807, 2.05) is 0 Å². The average molecular weight is 270 g/mol.